The van der Waals surface area contributed by atoms with E-state index in [-0.39, 0.29) is 19.1 Å². The van der Waals surface area contributed by atoms with Crippen LogP contribution in [-0.4, -0.2) is 25.3 Å². The van der Waals surface area contributed by atoms with E-state index in [0.717, 1.165) is 33.2 Å². The van der Waals surface area contributed by atoms with Crippen LogP contribution in [0.4, 0.5) is 10.5 Å². The van der Waals surface area contributed by atoms with Crippen molar-refractivity contribution in [1.29, 1.82) is 0 Å². The fraction of sp³-hybridized carbons (Fsp3) is 0.241. The summed E-state index contributed by atoms with van der Waals surface area (Å²) < 4.78 is 21.9. The molecule has 1 aromatic heterocycles. The van der Waals surface area contributed by atoms with Gasteiger partial charge in [-0.15, -0.1) is 0 Å². The van der Waals surface area contributed by atoms with Crippen molar-refractivity contribution in [2.75, 3.05) is 12.4 Å². The van der Waals surface area contributed by atoms with Crippen LogP contribution < -0.4 is 15.8 Å². The van der Waals surface area contributed by atoms with Crippen molar-refractivity contribution >= 4 is 28.7 Å². The lowest BCUT2D eigenvalue weighted by molar-refractivity contribution is -0.139. The second-order valence-corrected chi connectivity index (χ2v) is 8.83. The van der Waals surface area contributed by atoms with Crippen molar-refractivity contribution in [3.63, 3.8) is 0 Å². The zero-order valence-electron chi connectivity index (χ0n) is 21.1. The van der Waals surface area contributed by atoms with Gasteiger partial charge in [-0.2, -0.15) is 0 Å². The second kappa shape index (κ2) is 11.6. The van der Waals surface area contributed by atoms with Crippen LogP contribution in [0.25, 0.3) is 22.1 Å². The summed E-state index contributed by atoms with van der Waals surface area (Å²) in [7, 11) is 1.34. The molecule has 0 fully saturated rings. The van der Waals surface area contributed by atoms with Gasteiger partial charge < -0.3 is 24.4 Å². The zero-order valence-corrected chi connectivity index (χ0v) is 21.1. The summed E-state index contributed by atoms with van der Waals surface area (Å²) in [5.74, 6) is 0.0541. The first-order valence-electron chi connectivity index (χ1n) is 12.0. The Hall–Kier alpha value is -4.30. The molecule has 4 aromatic rings. The first kappa shape index (κ1) is 25.8. The Kier molecular flexibility index (Phi) is 8.10. The number of hydrogen-bond acceptors (Lipinski definition) is 7. The van der Waals surface area contributed by atoms with Gasteiger partial charge in [0.05, 0.1) is 25.9 Å². The van der Waals surface area contributed by atoms with Gasteiger partial charge in [0.1, 0.15) is 17.9 Å². The number of nitrogens with one attached hydrogen (secondary N) is 1. The summed E-state index contributed by atoms with van der Waals surface area (Å²) >= 11 is 0. The predicted molar refractivity (Wildman–Crippen MR) is 141 cm³/mol. The highest BCUT2D eigenvalue weighted by Gasteiger charge is 2.15. The highest BCUT2D eigenvalue weighted by Crippen LogP contribution is 2.33. The van der Waals surface area contributed by atoms with Gasteiger partial charge in [0.15, 0.2) is 0 Å². The molecule has 0 saturated carbocycles. The lowest BCUT2D eigenvalue weighted by Gasteiger charge is -2.15. The number of benzene rings is 3. The Morgan fingerprint density at radius 2 is 1.86 bits per heavy atom. The maximum atomic E-state index is 12.1. The Bertz CT molecular complexity index is 1410. The van der Waals surface area contributed by atoms with Gasteiger partial charge in [0.2, 0.25) is 0 Å². The topological polar surface area (TPSA) is 113 Å². The number of hydrogen-bond donors (Lipinski definition) is 2. The standard InChI is InChI=1S/C29H30N2O6/c1-18(2)37-29(33)31-24-8-7-22(14-27(32)34-3)26(15-24)36-17-20-12-23-9-10-35-28(23)25(13-20)21-6-4-5-19(11-21)16-30/h4-13,15,18H,14,16-17,30H2,1-3H3,(H,31,33). The summed E-state index contributed by atoms with van der Waals surface area (Å²) in [6, 6.07) is 19.0. The molecule has 0 aliphatic rings. The molecule has 3 aromatic carbocycles. The van der Waals surface area contributed by atoms with Gasteiger partial charge >= 0.3 is 12.1 Å². The van der Waals surface area contributed by atoms with Gasteiger partial charge in [0.25, 0.3) is 0 Å². The van der Waals surface area contributed by atoms with E-state index in [1.54, 1.807) is 38.3 Å². The first-order chi connectivity index (χ1) is 17.9. The third kappa shape index (κ3) is 6.48. The Labute approximate surface area is 215 Å². The maximum Gasteiger partial charge on any atom is 0.411 e. The Morgan fingerprint density at radius 1 is 1.03 bits per heavy atom. The van der Waals surface area contributed by atoms with Crippen LogP contribution in [0.5, 0.6) is 5.75 Å². The lowest BCUT2D eigenvalue weighted by atomic mass is 9.99. The number of nitrogens with two attached hydrogens (primary N) is 1. The molecule has 4 rings (SSSR count). The van der Waals surface area contributed by atoms with Crippen molar-refractivity contribution in [1.82, 2.24) is 0 Å². The SMILES string of the molecule is COC(=O)Cc1ccc(NC(=O)OC(C)C)cc1OCc1cc(-c2cccc(CN)c2)c2occc2c1. The average molecular weight is 503 g/mol. The molecule has 0 spiro atoms. The van der Waals surface area contributed by atoms with Crippen molar-refractivity contribution < 1.29 is 28.2 Å². The summed E-state index contributed by atoms with van der Waals surface area (Å²) in [6.45, 7) is 4.20. The monoisotopic (exact) mass is 502 g/mol. The van der Waals surface area contributed by atoms with E-state index in [9.17, 15) is 9.59 Å². The van der Waals surface area contributed by atoms with E-state index >= 15 is 0 Å². The highest BCUT2D eigenvalue weighted by atomic mass is 16.6. The molecule has 0 atom stereocenters. The van der Waals surface area contributed by atoms with Gasteiger partial charge in [-0.05, 0) is 60.9 Å². The number of amides is 1. The quantitative estimate of drug-likeness (QED) is 0.278. The van der Waals surface area contributed by atoms with Crippen LogP contribution in [0.3, 0.4) is 0 Å². The van der Waals surface area contributed by atoms with Crippen LogP contribution in [0.2, 0.25) is 0 Å². The van der Waals surface area contributed by atoms with Crippen molar-refractivity contribution in [3.05, 3.63) is 83.6 Å². The molecule has 1 heterocycles. The number of esters is 1. The minimum Gasteiger partial charge on any atom is -0.489 e. The Morgan fingerprint density at radius 3 is 2.62 bits per heavy atom. The normalized spacial score (nSPS) is 10.9. The minimum atomic E-state index is -0.573. The molecule has 0 radical (unpaired) electrons. The number of methoxy groups -OCH3 is 1. The maximum absolute atomic E-state index is 12.1. The molecule has 1 amide bonds. The molecule has 192 valence electrons. The molecule has 37 heavy (non-hydrogen) atoms. The smallest absolute Gasteiger partial charge is 0.411 e. The number of rotatable bonds is 9. The molecule has 0 aliphatic heterocycles. The molecule has 8 nitrogen and oxygen atoms in total. The molecular formula is C29H30N2O6. The summed E-state index contributed by atoms with van der Waals surface area (Å²) in [6.07, 6.45) is 0.856. The van der Waals surface area contributed by atoms with Crippen LogP contribution in [-0.2, 0) is 33.8 Å². The van der Waals surface area contributed by atoms with Crippen molar-refractivity contribution in [3.8, 4) is 16.9 Å². The van der Waals surface area contributed by atoms with Crippen LogP contribution >= 0.6 is 0 Å². The number of carbonyl (C=O) groups is 2. The van der Waals surface area contributed by atoms with E-state index in [1.165, 1.54) is 7.11 Å². The molecular weight excluding hydrogens is 472 g/mol. The zero-order chi connectivity index (χ0) is 26.4. The fourth-order valence-electron chi connectivity index (χ4n) is 3.97. The summed E-state index contributed by atoms with van der Waals surface area (Å²) in [4.78, 5) is 24.0. The third-order valence-corrected chi connectivity index (χ3v) is 5.70. The van der Waals surface area contributed by atoms with Crippen LogP contribution in [0.1, 0.15) is 30.5 Å². The van der Waals surface area contributed by atoms with E-state index in [1.807, 2.05) is 42.5 Å². The molecule has 0 bridgehead atoms. The van der Waals surface area contributed by atoms with Crippen LogP contribution in [0.15, 0.2) is 71.3 Å². The lowest BCUT2D eigenvalue weighted by Crippen LogP contribution is -2.18. The van der Waals surface area contributed by atoms with Crippen LogP contribution in [0, 0.1) is 0 Å². The molecule has 0 aliphatic carbocycles. The van der Waals surface area contributed by atoms with Gasteiger partial charge in [-0.1, -0.05) is 24.3 Å². The number of carbonyl (C=O) groups excluding carboxylic acids is 2. The molecule has 3 N–H and O–H groups in total. The van der Waals surface area contributed by atoms with Crippen molar-refractivity contribution in [2.45, 2.75) is 39.5 Å². The van der Waals surface area contributed by atoms with E-state index in [4.69, 9.17) is 24.4 Å². The first-order valence-corrected chi connectivity index (χ1v) is 12.0. The van der Waals surface area contributed by atoms with Gasteiger partial charge in [0, 0.05) is 34.8 Å². The van der Waals surface area contributed by atoms with E-state index in [2.05, 4.69) is 5.32 Å². The molecule has 0 saturated heterocycles. The average Bonchev–Trinajstić information content (AvgIpc) is 3.36. The van der Waals surface area contributed by atoms with Crippen molar-refractivity contribution in [2.24, 2.45) is 5.73 Å². The number of anilines is 1. The Balaban J connectivity index is 1.63. The highest BCUT2D eigenvalue weighted by molar-refractivity contribution is 5.93. The number of ether oxygens (including phenoxy) is 3. The molecule has 0 unspecified atom stereocenters. The largest absolute Gasteiger partial charge is 0.489 e. The molecule has 8 heteroatoms. The third-order valence-electron chi connectivity index (χ3n) is 5.70. The second-order valence-electron chi connectivity index (χ2n) is 8.83. The number of fused-ring (bicyclic) bond motifs is 1. The van der Waals surface area contributed by atoms with E-state index in [0.29, 0.717) is 23.5 Å². The summed E-state index contributed by atoms with van der Waals surface area (Å²) in [5, 5.41) is 3.63. The number of furan rings is 1. The summed E-state index contributed by atoms with van der Waals surface area (Å²) in [5.41, 5.74) is 11.6. The minimum absolute atomic E-state index is 0.0282. The van der Waals surface area contributed by atoms with E-state index < -0.39 is 12.1 Å². The fourth-order valence-corrected chi connectivity index (χ4v) is 3.97. The van der Waals surface area contributed by atoms with Gasteiger partial charge in [-0.3, -0.25) is 10.1 Å². The predicted octanol–water partition coefficient (Wildman–Crippen LogP) is 5.81. The van der Waals surface area contributed by atoms with Gasteiger partial charge in [-0.25, -0.2) is 4.79 Å².